The number of carbonyl (C=O) groups is 1. The molecule has 0 N–H and O–H groups in total. The largest absolute Gasteiger partial charge is 0.374 e. The summed E-state index contributed by atoms with van der Waals surface area (Å²) in [5.41, 5.74) is 0. The van der Waals surface area contributed by atoms with Gasteiger partial charge in [0.2, 0.25) is 0 Å². The van der Waals surface area contributed by atoms with E-state index >= 15 is 0 Å². The average molecular weight is 174 g/mol. The van der Waals surface area contributed by atoms with E-state index in [-0.39, 0.29) is 6.10 Å². The minimum Gasteiger partial charge on any atom is -0.374 e. The van der Waals surface area contributed by atoms with Gasteiger partial charge in [0.15, 0.2) is 0 Å². The van der Waals surface area contributed by atoms with Crippen LogP contribution in [0.4, 0.5) is 0 Å². The predicted molar refractivity (Wildman–Crippen MR) is 46.9 cm³/mol. The Balaban J connectivity index is 2.35. The molecule has 0 aliphatic carbocycles. The first-order valence-corrected chi connectivity index (χ1v) is 5.09. The summed E-state index contributed by atoms with van der Waals surface area (Å²) in [4.78, 5) is 10.5. The first-order valence-electron chi connectivity index (χ1n) is 3.94. The molecule has 2 nitrogen and oxygen atoms in total. The van der Waals surface area contributed by atoms with Crippen LogP contribution in [-0.2, 0) is 9.53 Å². The second-order valence-corrected chi connectivity index (χ2v) is 4.01. The van der Waals surface area contributed by atoms with E-state index in [9.17, 15) is 4.79 Å². The molecule has 3 heteroatoms. The minimum atomic E-state index is -0.157. The van der Waals surface area contributed by atoms with E-state index in [2.05, 4.69) is 0 Å². The molecule has 1 saturated heterocycles. The molecule has 0 spiro atoms. The van der Waals surface area contributed by atoms with Gasteiger partial charge in [0.05, 0.1) is 0 Å². The number of ether oxygens (including phenoxy) is 1. The zero-order valence-electron chi connectivity index (χ0n) is 6.79. The van der Waals surface area contributed by atoms with Crippen LogP contribution in [0.25, 0.3) is 0 Å². The van der Waals surface area contributed by atoms with Crippen molar-refractivity contribution in [2.75, 3.05) is 18.6 Å². The zero-order valence-corrected chi connectivity index (χ0v) is 7.60. The molecule has 1 rings (SSSR count). The molecular weight excluding hydrogens is 160 g/mol. The second kappa shape index (κ2) is 4.78. The van der Waals surface area contributed by atoms with Crippen molar-refractivity contribution in [3.8, 4) is 0 Å². The van der Waals surface area contributed by atoms with Crippen molar-refractivity contribution in [2.24, 2.45) is 5.92 Å². The smallest absolute Gasteiger partial charge is 0.149 e. The van der Waals surface area contributed by atoms with Crippen LogP contribution in [0.3, 0.4) is 0 Å². The van der Waals surface area contributed by atoms with Crippen LogP contribution >= 0.6 is 11.8 Å². The molecule has 0 bridgehead atoms. The van der Waals surface area contributed by atoms with Gasteiger partial charge in [-0.1, -0.05) is 0 Å². The molecule has 11 heavy (non-hydrogen) atoms. The molecule has 0 saturated carbocycles. The third-order valence-electron chi connectivity index (χ3n) is 2.14. The Bertz CT molecular complexity index is 121. The summed E-state index contributed by atoms with van der Waals surface area (Å²) < 4.78 is 5.06. The normalized spacial score (nSPS) is 23.0. The summed E-state index contributed by atoms with van der Waals surface area (Å²) in [6.45, 7) is 0. The van der Waals surface area contributed by atoms with E-state index in [1.165, 1.54) is 11.5 Å². The summed E-state index contributed by atoms with van der Waals surface area (Å²) >= 11 is 1.97. The highest BCUT2D eigenvalue weighted by molar-refractivity contribution is 7.99. The van der Waals surface area contributed by atoms with Crippen LogP contribution in [0.2, 0.25) is 0 Å². The number of aldehydes is 1. The molecular formula is C8H14O2S. The minimum absolute atomic E-state index is 0.157. The molecule has 1 aliphatic rings. The van der Waals surface area contributed by atoms with E-state index < -0.39 is 0 Å². The van der Waals surface area contributed by atoms with Crippen molar-refractivity contribution in [3.63, 3.8) is 0 Å². The Morgan fingerprint density at radius 1 is 1.55 bits per heavy atom. The molecule has 1 unspecified atom stereocenters. The number of rotatable bonds is 3. The number of methoxy groups -OCH3 is 1. The third-order valence-corrected chi connectivity index (χ3v) is 3.19. The van der Waals surface area contributed by atoms with Gasteiger partial charge in [-0.2, -0.15) is 11.8 Å². The van der Waals surface area contributed by atoms with Gasteiger partial charge in [-0.05, 0) is 30.3 Å². The first-order chi connectivity index (χ1) is 5.38. The summed E-state index contributed by atoms with van der Waals surface area (Å²) in [6, 6.07) is 0. The summed E-state index contributed by atoms with van der Waals surface area (Å²) in [5.74, 6) is 2.83. The van der Waals surface area contributed by atoms with Crippen molar-refractivity contribution >= 4 is 18.0 Å². The molecule has 1 fully saturated rings. The van der Waals surface area contributed by atoms with Crippen LogP contribution in [0.5, 0.6) is 0 Å². The zero-order chi connectivity index (χ0) is 8.10. The Morgan fingerprint density at radius 2 is 2.18 bits per heavy atom. The Hall–Kier alpha value is -0.0200. The molecule has 1 heterocycles. The molecule has 0 aromatic rings. The maximum Gasteiger partial charge on any atom is 0.149 e. The molecule has 1 atom stereocenters. The SMILES string of the molecule is COC(C=O)C1CCSCC1. The number of carbonyl (C=O) groups excluding carboxylic acids is 1. The Kier molecular flexibility index (Phi) is 3.94. The van der Waals surface area contributed by atoms with Gasteiger partial charge in [0, 0.05) is 7.11 Å². The lowest BCUT2D eigenvalue weighted by Crippen LogP contribution is -2.27. The van der Waals surface area contributed by atoms with E-state index in [1.54, 1.807) is 7.11 Å². The van der Waals surface area contributed by atoms with Crippen LogP contribution in [0.1, 0.15) is 12.8 Å². The third kappa shape index (κ3) is 2.49. The van der Waals surface area contributed by atoms with E-state index in [4.69, 9.17) is 4.74 Å². The van der Waals surface area contributed by atoms with Gasteiger partial charge in [-0.15, -0.1) is 0 Å². The Morgan fingerprint density at radius 3 is 2.64 bits per heavy atom. The monoisotopic (exact) mass is 174 g/mol. The van der Waals surface area contributed by atoms with Crippen molar-refractivity contribution < 1.29 is 9.53 Å². The number of hydrogen-bond donors (Lipinski definition) is 0. The van der Waals surface area contributed by atoms with E-state index in [0.717, 1.165) is 19.1 Å². The van der Waals surface area contributed by atoms with Crippen LogP contribution in [-0.4, -0.2) is 31.0 Å². The van der Waals surface area contributed by atoms with Crippen molar-refractivity contribution in [3.05, 3.63) is 0 Å². The summed E-state index contributed by atoms with van der Waals surface area (Å²) in [7, 11) is 1.61. The average Bonchev–Trinajstić information content (AvgIpc) is 2.09. The van der Waals surface area contributed by atoms with Crippen molar-refractivity contribution in [2.45, 2.75) is 18.9 Å². The maximum absolute atomic E-state index is 10.5. The van der Waals surface area contributed by atoms with E-state index in [0.29, 0.717) is 5.92 Å². The van der Waals surface area contributed by atoms with Crippen LogP contribution in [0, 0.1) is 5.92 Å². The van der Waals surface area contributed by atoms with Gasteiger partial charge in [0.1, 0.15) is 12.4 Å². The maximum atomic E-state index is 10.5. The van der Waals surface area contributed by atoms with Crippen LogP contribution < -0.4 is 0 Å². The molecule has 1 aliphatic heterocycles. The number of hydrogen-bond acceptors (Lipinski definition) is 3. The molecule has 0 aromatic carbocycles. The van der Waals surface area contributed by atoms with Crippen LogP contribution in [0.15, 0.2) is 0 Å². The fourth-order valence-corrected chi connectivity index (χ4v) is 2.55. The first kappa shape index (κ1) is 9.07. The van der Waals surface area contributed by atoms with Crippen molar-refractivity contribution in [1.82, 2.24) is 0 Å². The second-order valence-electron chi connectivity index (χ2n) is 2.79. The van der Waals surface area contributed by atoms with Gasteiger partial charge in [-0.3, -0.25) is 0 Å². The molecule has 0 amide bonds. The molecule has 0 aromatic heterocycles. The van der Waals surface area contributed by atoms with E-state index in [1.807, 2.05) is 11.8 Å². The predicted octanol–water partition coefficient (Wildman–Crippen LogP) is 1.34. The lowest BCUT2D eigenvalue weighted by Gasteiger charge is -2.24. The summed E-state index contributed by atoms with van der Waals surface area (Å²) in [6.07, 6.45) is 3.03. The van der Waals surface area contributed by atoms with Crippen molar-refractivity contribution in [1.29, 1.82) is 0 Å². The highest BCUT2D eigenvalue weighted by Gasteiger charge is 2.22. The fourth-order valence-electron chi connectivity index (χ4n) is 1.40. The Labute approximate surface area is 71.7 Å². The number of thioether (sulfide) groups is 1. The van der Waals surface area contributed by atoms with Gasteiger partial charge >= 0.3 is 0 Å². The highest BCUT2D eigenvalue weighted by atomic mass is 32.2. The van der Waals surface area contributed by atoms with Gasteiger partial charge in [-0.25, -0.2) is 0 Å². The quantitative estimate of drug-likeness (QED) is 0.604. The lowest BCUT2D eigenvalue weighted by molar-refractivity contribution is -0.119. The van der Waals surface area contributed by atoms with Gasteiger partial charge in [0.25, 0.3) is 0 Å². The highest BCUT2D eigenvalue weighted by Crippen LogP contribution is 2.25. The fraction of sp³-hybridized carbons (Fsp3) is 0.875. The molecule has 64 valence electrons. The lowest BCUT2D eigenvalue weighted by atomic mass is 9.97. The standard InChI is InChI=1S/C8H14O2S/c1-10-8(6-9)7-2-4-11-5-3-7/h6-8H,2-5H2,1H3. The summed E-state index contributed by atoms with van der Waals surface area (Å²) in [5, 5.41) is 0. The van der Waals surface area contributed by atoms with Gasteiger partial charge < -0.3 is 9.53 Å². The topological polar surface area (TPSA) is 26.3 Å². The molecule has 0 radical (unpaired) electrons.